The van der Waals surface area contributed by atoms with Gasteiger partial charge in [0.2, 0.25) is 0 Å². The van der Waals surface area contributed by atoms with Gasteiger partial charge in [-0.2, -0.15) is 5.10 Å². The Balaban J connectivity index is 1.89. The van der Waals surface area contributed by atoms with E-state index in [1.54, 1.807) is 36.3 Å². The molecule has 100 valence electrons. The van der Waals surface area contributed by atoms with Crippen molar-refractivity contribution >= 4 is 33.4 Å². The number of amides is 1. The normalized spacial score (nSPS) is 10.5. The van der Waals surface area contributed by atoms with Gasteiger partial charge < -0.3 is 5.32 Å². The molecule has 0 bridgehead atoms. The molecule has 0 unspecified atom stereocenters. The smallest absolute Gasteiger partial charge is 0.251 e. The van der Waals surface area contributed by atoms with Crippen LogP contribution in [0.1, 0.15) is 16.2 Å². The summed E-state index contributed by atoms with van der Waals surface area (Å²) in [5.74, 6) is 0.543. The van der Waals surface area contributed by atoms with Crippen molar-refractivity contribution in [3.05, 3.63) is 45.4 Å². The largest absolute Gasteiger partial charge is 0.352 e. The second-order valence-corrected chi connectivity index (χ2v) is 5.23. The second kappa shape index (κ2) is 6.16. The average Bonchev–Trinajstić information content (AvgIpc) is 2.78. The van der Waals surface area contributed by atoms with Gasteiger partial charge in [0.05, 0.1) is 5.02 Å². The molecule has 0 spiro atoms. The number of aromatic nitrogens is 3. The van der Waals surface area contributed by atoms with Crippen molar-refractivity contribution in [1.82, 2.24) is 20.1 Å². The number of aryl methyl sites for hydroxylation is 1. The lowest BCUT2D eigenvalue weighted by Gasteiger charge is -2.05. The van der Waals surface area contributed by atoms with Gasteiger partial charge in [0.1, 0.15) is 6.33 Å². The lowest BCUT2D eigenvalue weighted by atomic mass is 10.2. The number of hydrogen-bond acceptors (Lipinski definition) is 3. The van der Waals surface area contributed by atoms with Crippen molar-refractivity contribution in [2.75, 3.05) is 6.54 Å². The molecule has 0 aliphatic carbocycles. The van der Waals surface area contributed by atoms with E-state index in [9.17, 15) is 4.79 Å². The van der Waals surface area contributed by atoms with Crippen LogP contribution in [0, 0.1) is 0 Å². The van der Waals surface area contributed by atoms with Gasteiger partial charge in [-0.1, -0.05) is 11.6 Å². The van der Waals surface area contributed by atoms with Crippen molar-refractivity contribution in [2.24, 2.45) is 7.05 Å². The zero-order chi connectivity index (χ0) is 13.8. The number of benzene rings is 1. The Labute approximate surface area is 124 Å². The lowest BCUT2D eigenvalue weighted by molar-refractivity contribution is 0.0954. The minimum atomic E-state index is -0.162. The predicted octanol–water partition coefficient (Wildman–Crippen LogP) is 2.20. The molecule has 0 fully saturated rings. The molecular formula is C12H12BrClN4O. The van der Waals surface area contributed by atoms with Crippen LogP contribution in [-0.2, 0) is 13.5 Å². The van der Waals surface area contributed by atoms with Crippen LogP contribution < -0.4 is 5.32 Å². The molecule has 1 aromatic carbocycles. The molecule has 0 aliphatic rings. The summed E-state index contributed by atoms with van der Waals surface area (Å²) in [6.07, 6.45) is 2.22. The molecule has 1 heterocycles. The molecule has 0 aliphatic heterocycles. The van der Waals surface area contributed by atoms with Crippen LogP contribution in [0.5, 0.6) is 0 Å². The zero-order valence-corrected chi connectivity index (χ0v) is 12.6. The maximum absolute atomic E-state index is 11.9. The van der Waals surface area contributed by atoms with Gasteiger partial charge in [0, 0.05) is 30.0 Å². The SMILES string of the molecule is Cn1cnc(CCNC(=O)c2ccc(Br)c(Cl)c2)n1. The minimum absolute atomic E-state index is 0.162. The third kappa shape index (κ3) is 3.78. The molecule has 0 atom stereocenters. The Hall–Kier alpha value is -1.40. The van der Waals surface area contributed by atoms with Crippen LogP contribution in [-0.4, -0.2) is 27.2 Å². The van der Waals surface area contributed by atoms with Crippen molar-refractivity contribution in [3.8, 4) is 0 Å². The Morgan fingerprint density at radius 3 is 2.95 bits per heavy atom. The van der Waals surface area contributed by atoms with E-state index in [1.165, 1.54) is 0 Å². The number of hydrogen-bond donors (Lipinski definition) is 1. The van der Waals surface area contributed by atoms with Crippen molar-refractivity contribution < 1.29 is 4.79 Å². The van der Waals surface area contributed by atoms with Gasteiger partial charge >= 0.3 is 0 Å². The highest BCUT2D eigenvalue weighted by Crippen LogP contribution is 2.23. The number of nitrogens with one attached hydrogen (secondary N) is 1. The van der Waals surface area contributed by atoms with E-state index in [4.69, 9.17) is 11.6 Å². The van der Waals surface area contributed by atoms with Crippen LogP contribution in [0.25, 0.3) is 0 Å². The van der Waals surface area contributed by atoms with E-state index in [-0.39, 0.29) is 5.91 Å². The molecule has 2 rings (SSSR count). The Kier molecular flexibility index (Phi) is 4.55. The van der Waals surface area contributed by atoms with E-state index in [0.717, 1.165) is 4.47 Å². The topological polar surface area (TPSA) is 59.8 Å². The monoisotopic (exact) mass is 342 g/mol. The van der Waals surface area contributed by atoms with E-state index in [2.05, 4.69) is 31.3 Å². The summed E-state index contributed by atoms with van der Waals surface area (Å²) in [6, 6.07) is 5.09. The van der Waals surface area contributed by atoms with Crippen LogP contribution in [0.3, 0.4) is 0 Å². The number of halogens is 2. The molecule has 1 amide bonds. The molecule has 5 nitrogen and oxygen atoms in total. The first-order chi connectivity index (χ1) is 9.06. The number of rotatable bonds is 4. The minimum Gasteiger partial charge on any atom is -0.352 e. The van der Waals surface area contributed by atoms with Gasteiger partial charge in [-0.25, -0.2) is 4.98 Å². The van der Waals surface area contributed by atoms with Gasteiger partial charge in [-0.3, -0.25) is 9.48 Å². The van der Waals surface area contributed by atoms with E-state index < -0.39 is 0 Å². The van der Waals surface area contributed by atoms with Gasteiger partial charge in [0.25, 0.3) is 5.91 Å². The fourth-order valence-electron chi connectivity index (χ4n) is 1.53. The van der Waals surface area contributed by atoms with Gasteiger partial charge in [-0.15, -0.1) is 0 Å². The summed E-state index contributed by atoms with van der Waals surface area (Å²) in [5.41, 5.74) is 0.530. The number of carbonyl (C=O) groups is 1. The fourth-order valence-corrected chi connectivity index (χ4v) is 1.95. The molecular weight excluding hydrogens is 332 g/mol. The molecule has 0 saturated carbocycles. The quantitative estimate of drug-likeness (QED) is 0.926. The summed E-state index contributed by atoms with van der Waals surface area (Å²) in [7, 11) is 1.80. The number of nitrogens with zero attached hydrogens (tertiary/aromatic N) is 3. The molecule has 0 radical (unpaired) electrons. The molecule has 0 saturated heterocycles. The highest BCUT2D eigenvalue weighted by atomic mass is 79.9. The molecule has 7 heteroatoms. The lowest BCUT2D eigenvalue weighted by Crippen LogP contribution is -2.26. The van der Waals surface area contributed by atoms with Crippen molar-refractivity contribution in [3.63, 3.8) is 0 Å². The van der Waals surface area contributed by atoms with Gasteiger partial charge in [0.15, 0.2) is 5.82 Å². The molecule has 1 aromatic heterocycles. The maximum Gasteiger partial charge on any atom is 0.251 e. The van der Waals surface area contributed by atoms with Gasteiger partial charge in [-0.05, 0) is 34.1 Å². The third-order valence-electron chi connectivity index (χ3n) is 2.46. The summed E-state index contributed by atoms with van der Waals surface area (Å²) in [6.45, 7) is 0.483. The number of carbonyl (C=O) groups excluding carboxylic acids is 1. The van der Waals surface area contributed by atoms with E-state index in [0.29, 0.717) is 29.4 Å². The summed E-state index contributed by atoms with van der Waals surface area (Å²) in [5, 5.41) is 7.45. The standard InChI is InChI=1S/C12H12BrClN4O/c1-18-7-16-11(17-18)4-5-15-12(19)8-2-3-9(13)10(14)6-8/h2-3,6-7H,4-5H2,1H3,(H,15,19). The zero-order valence-electron chi connectivity index (χ0n) is 10.2. The Morgan fingerprint density at radius 1 is 1.53 bits per heavy atom. The predicted molar refractivity (Wildman–Crippen MR) is 76.2 cm³/mol. The molecule has 19 heavy (non-hydrogen) atoms. The summed E-state index contributed by atoms with van der Waals surface area (Å²) in [4.78, 5) is 16.0. The molecule has 1 N–H and O–H groups in total. The van der Waals surface area contributed by atoms with Crippen LogP contribution in [0.2, 0.25) is 5.02 Å². The highest BCUT2D eigenvalue weighted by molar-refractivity contribution is 9.10. The van der Waals surface area contributed by atoms with E-state index >= 15 is 0 Å². The van der Waals surface area contributed by atoms with Crippen LogP contribution in [0.15, 0.2) is 29.0 Å². The van der Waals surface area contributed by atoms with E-state index in [1.807, 2.05) is 0 Å². The van der Waals surface area contributed by atoms with Crippen LogP contribution in [0.4, 0.5) is 0 Å². The first-order valence-electron chi connectivity index (χ1n) is 5.64. The third-order valence-corrected chi connectivity index (χ3v) is 3.70. The highest BCUT2D eigenvalue weighted by Gasteiger charge is 2.08. The van der Waals surface area contributed by atoms with Crippen molar-refractivity contribution in [2.45, 2.75) is 6.42 Å². The first kappa shape index (κ1) is 14.0. The molecule has 2 aromatic rings. The summed E-state index contributed by atoms with van der Waals surface area (Å²) >= 11 is 9.22. The summed E-state index contributed by atoms with van der Waals surface area (Å²) < 4.78 is 2.40. The van der Waals surface area contributed by atoms with Crippen LogP contribution >= 0.6 is 27.5 Å². The Bertz CT molecular complexity index is 599. The maximum atomic E-state index is 11.9. The second-order valence-electron chi connectivity index (χ2n) is 3.97. The Morgan fingerprint density at radius 2 is 2.32 bits per heavy atom. The fraction of sp³-hybridized carbons (Fsp3) is 0.250. The first-order valence-corrected chi connectivity index (χ1v) is 6.81. The average molecular weight is 344 g/mol. The van der Waals surface area contributed by atoms with Crippen molar-refractivity contribution in [1.29, 1.82) is 0 Å².